The summed E-state index contributed by atoms with van der Waals surface area (Å²) in [7, 11) is 0. The zero-order chi connectivity index (χ0) is 29.9. The summed E-state index contributed by atoms with van der Waals surface area (Å²) in [4.78, 5) is 13.4. The maximum atomic E-state index is 13.4. The summed E-state index contributed by atoms with van der Waals surface area (Å²) in [5.41, 5.74) is -2.16. The van der Waals surface area contributed by atoms with Crippen LogP contribution in [-0.2, 0) is 9.47 Å². The molecular formula is C27H30O14. The van der Waals surface area contributed by atoms with E-state index in [4.69, 9.17) is 13.9 Å². The van der Waals surface area contributed by atoms with Gasteiger partial charge in [-0.25, -0.2) is 0 Å². The number of hydrogen-bond acceptors (Lipinski definition) is 14. The topological polar surface area (TPSA) is 251 Å². The molecule has 10 N–H and O–H groups in total. The molecule has 2 aliphatic heterocycles. The van der Waals surface area contributed by atoms with Gasteiger partial charge in [0, 0.05) is 11.6 Å². The highest BCUT2D eigenvalue weighted by atomic mass is 16.5. The van der Waals surface area contributed by atoms with Crippen molar-refractivity contribution in [3.05, 3.63) is 51.7 Å². The van der Waals surface area contributed by atoms with Crippen LogP contribution in [0.15, 0.2) is 39.5 Å². The molecule has 14 nitrogen and oxygen atoms in total. The average molecular weight is 579 g/mol. The third-order valence-electron chi connectivity index (χ3n) is 7.66. The Morgan fingerprint density at radius 1 is 0.732 bits per heavy atom. The number of aliphatic hydroxyl groups excluding tert-OH is 7. The number of ether oxygens (including phenoxy) is 2. The minimum absolute atomic E-state index is 0.0719. The van der Waals surface area contributed by atoms with Crippen LogP contribution < -0.4 is 5.43 Å². The molecule has 2 aromatic carbocycles. The number of rotatable bonds is 4. The molecule has 0 spiro atoms. The van der Waals surface area contributed by atoms with Gasteiger partial charge in [-0.3, -0.25) is 4.79 Å². The Labute approximate surface area is 231 Å². The molecule has 5 rings (SSSR count). The van der Waals surface area contributed by atoms with E-state index in [-0.39, 0.29) is 11.5 Å². The lowest BCUT2D eigenvalue weighted by Gasteiger charge is -2.42. The van der Waals surface area contributed by atoms with Crippen molar-refractivity contribution in [3.8, 4) is 28.6 Å². The van der Waals surface area contributed by atoms with Gasteiger partial charge < -0.3 is 65.0 Å². The van der Waals surface area contributed by atoms with E-state index in [1.54, 1.807) is 0 Å². The molecule has 0 bridgehead atoms. The Morgan fingerprint density at radius 3 is 1.93 bits per heavy atom. The minimum Gasteiger partial charge on any atom is -0.508 e. The van der Waals surface area contributed by atoms with E-state index in [0.717, 1.165) is 6.07 Å². The summed E-state index contributed by atoms with van der Waals surface area (Å²) in [6.07, 6.45) is -16.9. The molecule has 222 valence electrons. The molecule has 0 radical (unpaired) electrons. The van der Waals surface area contributed by atoms with Gasteiger partial charge in [0.25, 0.3) is 0 Å². The predicted molar refractivity (Wildman–Crippen MR) is 137 cm³/mol. The second-order valence-electron chi connectivity index (χ2n) is 10.2. The number of phenolic OH excluding ortho intramolecular Hbond substituents is 3. The molecule has 2 fully saturated rings. The first-order valence-electron chi connectivity index (χ1n) is 12.7. The molecule has 1 unspecified atom stereocenters. The van der Waals surface area contributed by atoms with Gasteiger partial charge in [0.05, 0.1) is 23.8 Å². The zero-order valence-corrected chi connectivity index (χ0v) is 21.5. The van der Waals surface area contributed by atoms with Crippen molar-refractivity contribution >= 4 is 11.0 Å². The summed E-state index contributed by atoms with van der Waals surface area (Å²) in [6, 6.07) is 6.51. The van der Waals surface area contributed by atoms with Crippen LogP contribution in [0.25, 0.3) is 22.3 Å². The van der Waals surface area contributed by atoms with E-state index in [9.17, 15) is 55.9 Å². The Kier molecular flexibility index (Phi) is 7.71. The first-order chi connectivity index (χ1) is 19.4. The smallest absolute Gasteiger partial charge is 0.197 e. The quantitative estimate of drug-likeness (QED) is 0.172. The summed E-state index contributed by atoms with van der Waals surface area (Å²) in [5.74, 6) is -2.01. The van der Waals surface area contributed by atoms with Crippen LogP contribution in [0.5, 0.6) is 17.2 Å². The van der Waals surface area contributed by atoms with Gasteiger partial charge in [0.15, 0.2) is 11.0 Å². The molecule has 14 heteroatoms. The SMILES string of the molecule is C[C@@H]1O[C@@H](c2c(O)c(C3O[C@H](CO)[C@H](O)[C@H](O)[C@@H]3O)c(O)c3c(=O)cc(-c4ccc(O)cc4)oc23)[C@@H](O)[C@H](O)[C@@H]1O. The number of aromatic hydroxyl groups is 3. The molecule has 1 aromatic heterocycles. The van der Waals surface area contributed by atoms with Gasteiger partial charge in [-0.1, -0.05) is 0 Å². The van der Waals surface area contributed by atoms with E-state index in [2.05, 4.69) is 0 Å². The molecule has 3 aromatic rings. The zero-order valence-electron chi connectivity index (χ0n) is 21.5. The first-order valence-corrected chi connectivity index (χ1v) is 12.7. The van der Waals surface area contributed by atoms with E-state index in [1.165, 1.54) is 31.2 Å². The van der Waals surface area contributed by atoms with E-state index >= 15 is 0 Å². The number of fused-ring (bicyclic) bond motifs is 1. The van der Waals surface area contributed by atoms with Crippen molar-refractivity contribution in [1.29, 1.82) is 0 Å². The molecule has 0 amide bonds. The molecule has 10 atom stereocenters. The second-order valence-corrected chi connectivity index (χ2v) is 10.2. The normalized spacial score (nSPS) is 34.1. The third kappa shape index (κ3) is 4.72. The first kappa shape index (κ1) is 29.2. The Balaban J connectivity index is 1.81. The van der Waals surface area contributed by atoms with E-state index in [0.29, 0.717) is 5.56 Å². The highest BCUT2D eigenvalue weighted by molar-refractivity contribution is 5.92. The van der Waals surface area contributed by atoms with E-state index in [1.807, 2.05) is 0 Å². The molecule has 0 aliphatic carbocycles. The molecule has 41 heavy (non-hydrogen) atoms. The molecule has 3 heterocycles. The second kappa shape index (κ2) is 10.8. The number of benzene rings is 2. The third-order valence-corrected chi connectivity index (χ3v) is 7.66. The van der Waals surface area contributed by atoms with Gasteiger partial charge in [-0.2, -0.15) is 0 Å². The van der Waals surface area contributed by atoms with Gasteiger partial charge >= 0.3 is 0 Å². The van der Waals surface area contributed by atoms with Crippen LogP contribution in [0.3, 0.4) is 0 Å². The lowest BCUT2D eigenvalue weighted by atomic mass is 9.85. The number of hydrogen-bond donors (Lipinski definition) is 10. The fraction of sp³-hybridized carbons (Fsp3) is 0.444. The molecule has 2 saturated heterocycles. The van der Waals surface area contributed by atoms with Crippen LogP contribution in [0.2, 0.25) is 0 Å². The van der Waals surface area contributed by atoms with Crippen LogP contribution >= 0.6 is 0 Å². The van der Waals surface area contributed by atoms with Gasteiger partial charge in [0.1, 0.15) is 83.3 Å². The van der Waals surface area contributed by atoms with Crippen LogP contribution in [-0.4, -0.2) is 107 Å². The fourth-order valence-corrected chi connectivity index (χ4v) is 5.34. The van der Waals surface area contributed by atoms with Crippen molar-refractivity contribution in [2.75, 3.05) is 6.61 Å². The number of aliphatic hydroxyl groups is 7. The Hall–Kier alpha value is -3.31. The highest BCUT2D eigenvalue weighted by Crippen LogP contribution is 2.50. The lowest BCUT2D eigenvalue weighted by Crippen LogP contribution is -2.55. The van der Waals surface area contributed by atoms with Gasteiger partial charge in [0.2, 0.25) is 0 Å². The van der Waals surface area contributed by atoms with Crippen LogP contribution in [0, 0.1) is 0 Å². The molecule has 2 aliphatic rings. The van der Waals surface area contributed by atoms with Gasteiger partial charge in [-0.15, -0.1) is 0 Å². The molecular weight excluding hydrogens is 548 g/mol. The van der Waals surface area contributed by atoms with Gasteiger partial charge in [-0.05, 0) is 31.2 Å². The van der Waals surface area contributed by atoms with Crippen molar-refractivity contribution in [3.63, 3.8) is 0 Å². The Bertz CT molecular complexity index is 1480. The maximum absolute atomic E-state index is 13.4. The van der Waals surface area contributed by atoms with Crippen molar-refractivity contribution in [2.24, 2.45) is 0 Å². The highest BCUT2D eigenvalue weighted by Gasteiger charge is 2.49. The lowest BCUT2D eigenvalue weighted by molar-refractivity contribution is -0.232. The van der Waals surface area contributed by atoms with Crippen LogP contribution in [0.1, 0.15) is 30.3 Å². The minimum atomic E-state index is -1.98. The molecule has 0 saturated carbocycles. The Morgan fingerprint density at radius 2 is 1.32 bits per heavy atom. The van der Waals surface area contributed by atoms with Crippen molar-refractivity contribution < 1.29 is 65.0 Å². The summed E-state index contributed by atoms with van der Waals surface area (Å²) < 4.78 is 17.2. The van der Waals surface area contributed by atoms with Crippen molar-refractivity contribution in [2.45, 2.75) is 68.0 Å². The summed E-state index contributed by atoms with van der Waals surface area (Å²) in [6.45, 7) is 0.552. The summed E-state index contributed by atoms with van der Waals surface area (Å²) in [5, 5.41) is 104. The average Bonchev–Trinajstić information content (AvgIpc) is 2.94. The maximum Gasteiger partial charge on any atom is 0.197 e. The summed E-state index contributed by atoms with van der Waals surface area (Å²) >= 11 is 0. The van der Waals surface area contributed by atoms with E-state index < -0.39 is 107 Å². The predicted octanol–water partition coefficient (Wildman–Crippen LogP) is -1.37. The fourth-order valence-electron chi connectivity index (χ4n) is 5.34. The number of phenols is 3. The van der Waals surface area contributed by atoms with Crippen molar-refractivity contribution in [1.82, 2.24) is 0 Å². The monoisotopic (exact) mass is 578 g/mol. The largest absolute Gasteiger partial charge is 0.508 e. The standard InChI is InChI=1S/C27H30O14/c1-8-17(31)21(35)23(37)27(39-8)16-20(34)15(26-24(38)22(36)18(32)13(7-28)41-26)19(33)14-11(30)6-12(40-25(14)16)9-2-4-10(29)5-3-9/h2-6,8,13,17-18,21-24,26-29,31-38H,7H2,1H3/t8-,13+,17+,18-,21+,22-,23-,24-,26?,27-/m0/s1. The van der Waals surface area contributed by atoms with Crippen LogP contribution in [0.4, 0.5) is 0 Å².